The van der Waals surface area contributed by atoms with E-state index in [2.05, 4.69) is 9.84 Å². The third-order valence-electron chi connectivity index (χ3n) is 4.45. The van der Waals surface area contributed by atoms with Crippen molar-refractivity contribution in [3.63, 3.8) is 0 Å². The smallest absolute Gasteiger partial charge is 0.355 e. The van der Waals surface area contributed by atoms with E-state index in [0.29, 0.717) is 4.68 Å². The summed E-state index contributed by atoms with van der Waals surface area (Å²) in [5, 5.41) is 3.44. The summed E-state index contributed by atoms with van der Waals surface area (Å²) in [6, 6.07) is 4.25. The maximum atomic E-state index is 14.5. The van der Waals surface area contributed by atoms with Gasteiger partial charge in [0.05, 0.1) is 27.9 Å². The summed E-state index contributed by atoms with van der Waals surface area (Å²) in [4.78, 5) is 24.0. The third-order valence-corrected chi connectivity index (χ3v) is 5.34. The fraction of sp³-hybridized carbons (Fsp3) is 0.250. The number of carbonyl (C=O) groups is 1. The highest BCUT2D eigenvalue weighted by molar-refractivity contribution is 6.36. The summed E-state index contributed by atoms with van der Waals surface area (Å²) in [7, 11) is 1.17. The molecule has 14 heteroatoms. The summed E-state index contributed by atoms with van der Waals surface area (Å²) in [5.41, 5.74) is -1.30. The first-order valence-corrected chi connectivity index (χ1v) is 10.4. The molecular formula is C20H15Cl3F3N3O5. The molecule has 0 saturated heterocycles. The molecule has 182 valence electrons. The number of rotatable bonds is 7. The van der Waals surface area contributed by atoms with Crippen LogP contribution in [-0.2, 0) is 9.53 Å². The molecule has 0 N–H and O–H groups in total. The second-order valence-corrected chi connectivity index (χ2v) is 7.94. The van der Waals surface area contributed by atoms with Gasteiger partial charge in [0.1, 0.15) is 17.3 Å². The van der Waals surface area contributed by atoms with Crippen molar-refractivity contribution in [3.05, 3.63) is 61.5 Å². The quantitative estimate of drug-likeness (QED) is 0.364. The Morgan fingerprint density at radius 3 is 2.26 bits per heavy atom. The Bertz CT molecular complexity index is 1310. The van der Waals surface area contributed by atoms with Crippen molar-refractivity contribution >= 4 is 40.8 Å². The highest BCUT2D eigenvalue weighted by atomic mass is 35.5. The van der Waals surface area contributed by atoms with Gasteiger partial charge >= 0.3 is 18.2 Å². The number of alkyl halides is 2. The fourth-order valence-corrected chi connectivity index (χ4v) is 3.52. The van der Waals surface area contributed by atoms with Gasteiger partial charge in [-0.25, -0.2) is 18.5 Å². The molecule has 0 aliphatic heterocycles. The van der Waals surface area contributed by atoms with Gasteiger partial charge in [0.15, 0.2) is 17.7 Å². The van der Waals surface area contributed by atoms with E-state index in [-0.39, 0.29) is 42.6 Å². The number of ether oxygens (including phenoxy) is 3. The van der Waals surface area contributed by atoms with Crippen LogP contribution in [0.3, 0.4) is 0 Å². The minimum absolute atomic E-state index is 0.0911. The predicted molar refractivity (Wildman–Crippen MR) is 117 cm³/mol. The van der Waals surface area contributed by atoms with E-state index in [1.807, 2.05) is 0 Å². The number of benzene rings is 2. The van der Waals surface area contributed by atoms with Crippen LogP contribution in [0.4, 0.5) is 13.2 Å². The van der Waals surface area contributed by atoms with Gasteiger partial charge in [-0.05, 0) is 19.9 Å². The Morgan fingerprint density at radius 1 is 1.03 bits per heavy atom. The number of hydrogen-bond acceptors (Lipinski definition) is 6. The minimum atomic E-state index is -3.13. The molecule has 0 spiro atoms. The first kappa shape index (κ1) is 25.7. The van der Waals surface area contributed by atoms with Gasteiger partial charge in [-0.3, -0.25) is 0 Å². The maximum absolute atomic E-state index is 14.5. The highest BCUT2D eigenvalue weighted by Crippen LogP contribution is 2.39. The van der Waals surface area contributed by atoms with Crippen LogP contribution < -0.4 is 15.2 Å². The minimum Gasteiger partial charge on any atom is -0.477 e. The number of carbonyl (C=O) groups excluding carboxylic acids is 1. The molecule has 0 aliphatic carbocycles. The molecule has 2 aromatic carbocycles. The molecule has 8 nitrogen and oxygen atoms in total. The van der Waals surface area contributed by atoms with Gasteiger partial charge in [0.2, 0.25) is 0 Å². The number of esters is 1. The summed E-state index contributed by atoms with van der Waals surface area (Å²) >= 11 is 18.3. The monoisotopic (exact) mass is 539 g/mol. The summed E-state index contributed by atoms with van der Waals surface area (Å²) in [6.07, 6.45) is -1.06. The Hall–Kier alpha value is -2.89. The van der Waals surface area contributed by atoms with E-state index in [1.165, 1.54) is 27.0 Å². The zero-order chi connectivity index (χ0) is 25.3. The van der Waals surface area contributed by atoms with Crippen molar-refractivity contribution in [2.24, 2.45) is 0 Å². The molecule has 1 unspecified atom stereocenters. The first-order valence-electron chi connectivity index (χ1n) is 9.31. The normalized spacial score (nSPS) is 12.1. The number of halogens is 6. The molecule has 3 rings (SSSR count). The van der Waals surface area contributed by atoms with Crippen LogP contribution in [-0.4, -0.2) is 33.5 Å². The average molecular weight is 541 g/mol. The van der Waals surface area contributed by atoms with E-state index >= 15 is 0 Å². The topological polar surface area (TPSA) is 84.6 Å². The Kier molecular flexibility index (Phi) is 7.69. The van der Waals surface area contributed by atoms with Crippen molar-refractivity contribution < 1.29 is 32.2 Å². The SMILES string of the molecule is COC(=O)C(C)Oc1cc(Oc2cc(-n3nc(C)n(C(F)F)c3=O)c(Cl)cc2Cl)c(F)cc1Cl. The van der Waals surface area contributed by atoms with Crippen LogP contribution in [0, 0.1) is 12.7 Å². The molecule has 1 atom stereocenters. The van der Waals surface area contributed by atoms with E-state index in [1.54, 1.807) is 0 Å². The van der Waals surface area contributed by atoms with Crippen LogP contribution in [0.1, 0.15) is 19.3 Å². The van der Waals surface area contributed by atoms with Crippen LogP contribution in [0.15, 0.2) is 29.1 Å². The van der Waals surface area contributed by atoms with Gasteiger partial charge in [-0.1, -0.05) is 34.8 Å². The molecule has 0 saturated carbocycles. The van der Waals surface area contributed by atoms with Gasteiger partial charge in [-0.15, -0.1) is 5.10 Å². The number of aromatic nitrogens is 3. The number of hydrogen-bond donors (Lipinski definition) is 0. The summed E-state index contributed by atoms with van der Waals surface area (Å²) < 4.78 is 57.2. The molecule has 3 aromatic rings. The Morgan fingerprint density at radius 2 is 1.68 bits per heavy atom. The van der Waals surface area contributed by atoms with Crippen LogP contribution in [0.2, 0.25) is 15.1 Å². The zero-order valence-corrected chi connectivity index (χ0v) is 19.9. The van der Waals surface area contributed by atoms with Crippen molar-refractivity contribution in [3.8, 4) is 22.9 Å². The van der Waals surface area contributed by atoms with Crippen LogP contribution in [0.5, 0.6) is 17.2 Å². The standard InChI is InChI=1S/C20H15Cl3F3N3O5/c1-8(18(30)32-3)33-16-7-17(13(24)5-12(16)23)34-15-6-14(10(21)4-11(15)22)29-20(31)28(19(25)26)9(2)27-29/h4-8,19H,1-3H3. The molecule has 0 bridgehead atoms. The molecule has 1 aromatic heterocycles. The second-order valence-electron chi connectivity index (χ2n) is 6.72. The van der Waals surface area contributed by atoms with Gasteiger partial charge in [0, 0.05) is 18.2 Å². The average Bonchev–Trinajstić information content (AvgIpc) is 3.06. The van der Waals surface area contributed by atoms with Gasteiger partial charge in [0.25, 0.3) is 0 Å². The highest BCUT2D eigenvalue weighted by Gasteiger charge is 2.23. The lowest BCUT2D eigenvalue weighted by Gasteiger charge is -2.16. The fourth-order valence-electron chi connectivity index (χ4n) is 2.82. The van der Waals surface area contributed by atoms with E-state index in [9.17, 15) is 22.8 Å². The van der Waals surface area contributed by atoms with Crippen molar-refractivity contribution in [2.45, 2.75) is 26.5 Å². The Balaban J connectivity index is 2.03. The first-order chi connectivity index (χ1) is 15.9. The van der Waals surface area contributed by atoms with E-state index in [4.69, 9.17) is 44.3 Å². The molecular weight excluding hydrogens is 526 g/mol. The van der Waals surface area contributed by atoms with Crippen LogP contribution in [0.25, 0.3) is 5.69 Å². The van der Waals surface area contributed by atoms with Crippen molar-refractivity contribution in [1.82, 2.24) is 14.3 Å². The lowest BCUT2D eigenvalue weighted by molar-refractivity contribution is -0.147. The lowest BCUT2D eigenvalue weighted by atomic mass is 10.2. The predicted octanol–water partition coefficient (Wildman–Crippen LogP) is 5.57. The molecule has 0 radical (unpaired) electrons. The van der Waals surface area contributed by atoms with Crippen LogP contribution >= 0.6 is 34.8 Å². The van der Waals surface area contributed by atoms with Crippen molar-refractivity contribution in [2.75, 3.05) is 7.11 Å². The number of methoxy groups -OCH3 is 1. The maximum Gasteiger partial charge on any atom is 0.355 e. The molecule has 0 aliphatic rings. The zero-order valence-electron chi connectivity index (χ0n) is 17.6. The largest absolute Gasteiger partial charge is 0.477 e. The molecule has 34 heavy (non-hydrogen) atoms. The molecule has 1 heterocycles. The number of nitrogens with zero attached hydrogens (tertiary/aromatic N) is 3. The second kappa shape index (κ2) is 10.2. The van der Waals surface area contributed by atoms with Crippen molar-refractivity contribution in [1.29, 1.82) is 0 Å². The lowest BCUT2D eigenvalue weighted by Crippen LogP contribution is -2.25. The van der Waals surface area contributed by atoms with E-state index < -0.39 is 35.9 Å². The molecule has 0 fully saturated rings. The number of aryl methyl sites for hydroxylation is 1. The van der Waals surface area contributed by atoms with Gasteiger partial charge in [-0.2, -0.15) is 13.5 Å². The molecule has 0 amide bonds. The third kappa shape index (κ3) is 5.11. The van der Waals surface area contributed by atoms with Gasteiger partial charge < -0.3 is 14.2 Å². The summed E-state index contributed by atoms with van der Waals surface area (Å²) in [5.74, 6) is -2.57. The Labute approximate surface area is 205 Å². The summed E-state index contributed by atoms with van der Waals surface area (Å²) in [6.45, 7) is -0.519. The van der Waals surface area contributed by atoms with E-state index in [0.717, 1.165) is 18.2 Å².